The van der Waals surface area contributed by atoms with E-state index in [1.165, 1.54) is 0 Å². The number of sulfonamides is 1. The first-order valence-electron chi connectivity index (χ1n) is 5.63. The minimum atomic E-state index is -3.91. The Balaban J connectivity index is 2.15. The van der Waals surface area contributed by atoms with E-state index in [1.807, 2.05) is 13.0 Å². The highest BCUT2D eigenvalue weighted by Crippen LogP contribution is 2.14. The van der Waals surface area contributed by atoms with Crippen molar-refractivity contribution in [2.45, 2.75) is 18.6 Å². The van der Waals surface area contributed by atoms with Gasteiger partial charge in [-0.05, 0) is 30.7 Å². The molecule has 0 fully saturated rings. The second kappa shape index (κ2) is 5.43. The lowest BCUT2D eigenvalue weighted by molar-refractivity contribution is 0.0656. The number of aryl methyl sites for hydroxylation is 1. The Morgan fingerprint density at radius 3 is 2.75 bits per heavy atom. The average Bonchev–Trinajstić information content (AvgIpc) is 2.88. The summed E-state index contributed by atoms with van der Waals surface area (Å²) in [6.45, 7) is 1.81. The summed E-state index contributed by atoms with van der Waals surface area (Å²) in [6.07, 6.45) is 1.56. The van der Waals surface area contributed by atoms with Gasteiger partial charge in [0.15, 0.2) is 0 Å². The predicted octanol–water partition coefficient (Wildman–Crippen LogP) is 1.16. The summed E-state index contributed by atoms with van der Waals surface area (Å²) >= 11 is 0. The van der Waals surface area contributed by atoms with Crippen molar-refractivity contribution >= 4 is 16.0 Å². The Morgan fingerprint density at radius 2 is 2.15 bits per heavy atom. The van der Waals surface area contributed by atoms with E-state index >= 15 is 0 Å². The molecule has 8 heteroatoms. The van der Waals surface area contributed by atoms with Crippen LogP contribution in [0.4, 0.5) is 0 Å². The molecule has 106 valence electrons. The molecule has 0 radical (unpaired) electrons. The Hall–Kier alpha value is -2.19. The molecule has 2 aromatic rings. The molecule has 2 heterocycles. The van der Waals surface area contributed by atoms with Crippen LogP contribution in [-0.4, -0.2) is 24.5 Å². The largest absolute Gasteiger partial charge is 0.475 e. The second-order valence-electron chi connectivity index (χ2n) is 4.02. The SMILES string of the molecule is Cc1cccnc1CNS(=O)(=O)c1ccc(C(=O)O)o1. The highest BCUT2D eigenvalue weighted by atomic mass is 32.2. The molecule has 0 spiro atoms. The van der Waals surface area contributed by atoms with Crippen molar-refractivity contribution in [1.82, 2.24) is 9.71 Å². The maximum Gasteiger partial charge on any atom is 0.371 e. The zero-order valence-corrected chi connectivity index (χ0v) is 11.3. The first kappa shape index (κ1) is 14.2. The summed E-state index contributed by atoms with van der Waals surface area (Å²) in [5.41, 5.74) is 1.43. The van der Waals surface area contributed by atoms with Crippen LogP contribution in [0.1, 0.15) is 21.8 Å². The number of aromatic nitrogens is 1. The van der Waals surface area contributed by atoms with Crippen molar-refractivity contribution < 1.29 is 22.7 Å². The summed E-state index contributed by atoms with van der Waals surface area (Å²) in [7, 11) is -3.91. The molecule has 0 bridgehead atoms. The lowest BCUT2D eigenvalue weighted by atomic mass is 10.2. The predicted molar refractivity (Wildman–Crippen MR) is 68.7 cm³/mol. The first-order valence-corrected chi connectivity index (χ1v) is 7.12. The second-order valence-corrected chi connectivity index (χ2v) is 5.71. The molecule has 0 atom stereocenters. The number of nitrogens with one attached hydrogen (secondary N) is 1. The molecule has 0 aromatic carbocycles. The van der Waals surface area contributed by atoms with Gasteiger partial charge in [0.25, 0.3) is 10.0 Å². The maximum atomic E-state index is 11.9. The maximum absolute atomic E-state index is 11.9. The molecule has 0 saturated carbocycles. The zero-order valence-electron chi connectivity index (χ0n) is 10.5. The number of aromatic carboxylic acids is 1. The molecule has 20 heavy (non-hydrogen) atoms. The normalized spacial score (nSPS) is 11.4. The van der Waals surface area contributed by atoms with Crippen LogP contribution in [0.25, 0.3) is 0 Å². The molecule has 2 aromatic heterocycles. The summed E-state index contributed by atoms with van der Waals surface area (Å²) in [4.78, 5) is 14.7. The molecular formula is C12H12N2O5S. The van der Waals surface area contributed by atoms with E-state index in [0.29, 0.717) is 5.69 Å². The fourth-order valence-electron chi connectivity index (χ4n) is 1.52. The van der Waals surface area contributed by atoms with Gasteiger partial charge in [0.05, 0.1) is 12.2 Å². The van der Waals surface area contributed by atoms with E-state index in [2.05, 4.69) is 9.71 Å². The number of carboxylic acid groups (broad SMARTS) is 1. The minimum Gasteiger partial charge on any atom is -0.475 e. The Morgan fingerprint density at radius 1 is 1.40 bits per heavy atom. The summed E-state index contributed by atoms with van der Waals surface area (Å²) in [5, 5.41) is 8.25. The standard InChI is InChI=1S/C12H12N2O5S/c1-8-3-2-6-13-9(8)7-14-20(17,18)11-5-4-10(19-11)12(15)16/h2-6,14H,7H2,1H3,(H,15,16). The minimum absolute atomic E-state index is 0.00187. The Kier molecular flexibility index (Phi) is 3.86. The number of furan rings is 1. The monoisotopic (exact) mass is 296 g/mol. The van der Waals surface area contributed by atoms with Gasteiger partial charge in [-0.15, -0.1) is 0 Å². The van der Waals surface area contributed by atoms with Crippen molar-refractivity contribution in [2.75, 3.05) is 0 Å². The first-order chi connectivity index (χ1) is 9.40. The molecule has 0 unspecified atom stereocenters. The van der Waals surface area contributed by atoms with Gasteiger partial charge >= 0.3 is 5.97 Å². The van der Waals surface area contributed by atoms with Gasteiger partial charge in [0, 0.05) is 6.20 Å². The molecule has 7 nitrogen and oxygen atoms in total. The van der Waals surface area contributed by atoms with Gasteiger partial charge in [0.2, 0.25) is 10.9 Å². The third-order valence-corrected chi connectivity index (χ3v) is 3.88. The number of nitrogens with zero attached hydrogens (tertiary/aromatic N) is 1. The van der Waals surface area contributed by atoms with E-state index in [1.54, 1.807) is 12.3 Å². The van der Waals surface area contributed by atoms with Crippen molar-refractivity contribution in [1.29, 1.82) is 0 Å². The van der Waals surface area contributed by atoms with Crippen LogP contribution in [0.3, 0.4) is 0 Å². The number of pyridine rings is 1. The van der Waals surface area contributed by atoms with Gasteiger partial charge in [0.1, 0.15) is 0 Å². The molecule has 0 amide bonds. The molecule has 0 aliphatic carbocycles. The van der Waals surface area contributed by atoms with Gasteiger partial charge < -0.3 is 9.52 Å². The van der Waals surface area contributed by atoms with Gasteiger partial charge in [-0.25, -0.2) is 17.9 Å². The van der Waals surface area contributed by atoms with Gasteiger partial charge in [-0.3, -0.25) is 4.98 Å². The summed E-state index contributed by atoms with van der Waals surface area (Å²) in [6, 6.07) is 5.74. The van der Waals surface area contributed by atoms with Crippen LogP contribution in [0.15, 0.2) is 40.0 Å². The zero-order chi connectivity index (χ0) is 14.8. The van der Waals surface area contributed by atoms with Crippen molar-refractivity contribution in [2.24, 2.45) is 0 Å². The summed E-state index contributed by atoms with van der Waals surface area (Å²) in [5.74, 6) is -1.76. The topological polar surface area (TPSA) is 110 Å². The van der Waals surface area contributed by atoms with Crippen molar-refractivity contribution in [3.63, 3.8) is 0 Å². The lowest BCUT2D eigenvalue weighted by Crippen LogP contribution is -2.23. The Bertz CT molecular complexity index is 736. The number of hydrogen-bond acceptors (Lipinski definition) is 5. The van der Waals surface area contributed by atoms with Crippen LogP contribution in [0.5, 0.6) is 0 Å². The highest BCUT2D eigenvalue weighted by Gasteiger charge is 2.21. The van der Waals surface area contributed by atoms with Crippen LogP contribution in [0, 0.1) is 6.92 Å². The summed E-state index contributed by atoms with van der Waals surface area (Å²) < 4.78 is 30.9. The molecule has 2 N–H and O–H groups in total. The number of carbonyl (C=O) groups is 1. The smallest absolute Gasteiger partial charge is 0.371 e. The number of carboxylic acids is 1. The third-order valence-electron chi connectivity index (χ3n) is 2.60. The quantitative estimate of drug-likeness (QED) is 0.856. The molecule has 0 saturated heterocycles. The van der Waals surface area contributed by atoms with Gasteiger partial charge in [-0.1, -0.05) is 6.07 Å². The van der Waals surface area contributed by atoms with Crippen LogP contribution in [-0.2, 0) is 16.6 Å². The average molecular weight is 296 g/mol. The highest BCUT2D eigenvalue weighted by molar-refractivity contribution is 7.89. The van der Waals surface area contributed by atoms with E-state index in [-0.39, 0.29) is 6.54 Å². The van der Waals surface area contributed by atoms with E-state index in [9.17, 15) is 13.2 Å². The molecule has 0 aliphatic heterocycles. The van der Waals surface area contributed by atoms with E-state index in [4.69, 9.17) is 9.52 Å². The molecule has 0 aliphatic rings. The van der Waals surface area contributed by atoms with Gasteiger partial charge in [-0.2, -0.15) is 0 Å². The fraction of sp³-hybridized carbons (Fsp3) is 0.167. The lowest BCUT2D eigenvalue weighted by Gasteiger charge is -2.05. The van der Waals surface area contributed by atoms with Crippen LogP contribution >= 0.6 is 0 Å². The molecular weight excluding hydrogens is 284 g/mol. The van der Waals surface area contributed by atoms with Crippen molar-refractivity contribution in [3.8, 4) is 0 Å². The third kappa shape index (κ3) is 3.03. The van der Waals surface area contributed by atoms with Crippen molar-refractivity contribution in [3.05, 3.63) is 47.5 Å². The molecule has 2 rings (SSSR count). The van der Waals surface area contributed by atoms with Crippen LogP contribution < -0.4 is 4.72 Å². The van der Waals surface area contributed by atoms with Crippen LogP contribution in [0.2, 0.25) is 0 Å². The Labute approximate surface area is 115 Å². The number of hydrogen-bond donors (Lipinski definition) is 2. The van der Waals surface area contributed by atoms with E-state index in [0.717, 1.165) is 17.7 Å². The fourth-order valence-corrected chi connectivity index (χ4v) is 2.43. The van der Waals surface area contributed by atoms with E-state index < -0.39 is 26.8 Å². The number of rotatable bonds is 5.